The van der Waals surface area contributed by atoms with E-state index in [-0.39, 0.29) is 5.91 Å². The van der Waals surface area contributed by atoms with E-state index in [4.69, 9.17) is 11.6 Å². The van der Waals surface area contributed by atoms with Crippen LogP contribution >= 0.6 is 11.6 Å². The Kier molecular flexibility index (Phi) is 4.95. The molecule has 0 aliphatic carbocycles. The van der Waals surface area contributed by atoms with Crippen LogP contribution in [-0.2, 0) is 7.05 Å². The minimum atomic E-state index is -0.0799. The molecule has 3 rings (SSSR count). The highest BCUT2D eigenvalue weighted by molar-refractivity contribution is 6.36. The number of nitrogens with zero attached hydrogens (tertiary/aromatic N) is 2. The maximum atomic E-state index is 12.1. The Morgan fingerprint density at radius 2 is 2.04 bits per heavy atom. The molecule has 130 valence electrons. The van der Waals surface area contributed by atoms with Gasteiger partial charge < -0.3 is 15.2 Å². The van der Waals surface area contributed by atoms with Gasteiger partial charge in [-0.1, -0.05) is 23.7 Å². The number of amides is 1. The summed E-state index contributed by atoms with van der Waals surface area (Å²) in [5.74, 6) is -0.0799. The summed E-state index contributed by atoms with van der Waals surface area (Å²) in [6.45, 7) is 5.05. The number of nitrogens with one attached hydrogen (secondary N) is 2. The largest absolute Gasteiger partial charge is 0.383 e. The highest BCUT2D eigenvalue weighted by Gasteiger charge is 2.10. The van der Waals surface area contributed by atoms with Gasteiger partial charge >= 0.3 is 0 Å². The molecule has 2 N–H and O–H groups in total. The van der Waals surface area contributed by atoms with Crippen LogP contribution in [0.15, 0.2) is 36.5 Å². The molecular weight excluding hydrogens is 336 g/mol. The Hall–Kier alpha value is -2.53. The Morgan fingerprint density at radius 1 is 1.24 bits per heavy atom. The average molecular weight is 357 g/mol. The fourth-order valence-corrected chi connectivity index (χ4v) is 3.00. The van der Waals surface area contributed by atoms with Crippen molar-refractivity contribution < 1.29 is 4.79 Å². The molecule has 6 heteroatoms. The number of fused-ring (bicyclic) bond motifs is 1. The Morgan fingerprint density at radius 3 is 2.76 bits per heavy atom. The number of hydrogen-bond donors (Lipinski definition) is 2. The molecule has 1 amide bonds. The van der Waals surface area contributed by atoms with Crippen LogP contribution in [0.4, 0.5) is 5.69 Å². The van der Waals surface area contributed by atoms with Crippen LogP contribution in [0.2, 0.25) is 5.02 Å². The lowest BCUT2D eigenvalue weighted by atomic mass is 10.1. The molecule has 0 atom stereocenters. The van der Waals surface area contributed by atoms with Crippen LogP contribution in [0.5, 0.6) is 0 Å². The minimum Gasteiger partial charge on any atom is -0.383 e. The van der Waals surface area contributed by atoms with Crippen molar-refractivity contribution >= 4 is 34.1 Å². The number of halogens is 1. The zero-order chi connectivity index (χ0) is 18.0. The van der Waals surface area contributed by atoms with E-state index in [0.29, 0.717) is 23.8 Å². The summed E-state index contributed by atoms with van der Waals surface area (Å²) in [5.41, 5.74) is 4.32. The number of anilines is 1. The van der Waals surface area contributed by atoms with Gasteiger partial charge in [0.1, 0.15) is 5.69 Å². The molecule has 0 saturated carbocycles. The van der Waals surface area contributed by atoms with Gasteiger partial charge in [0.2, 0.25) is 0 Å². The summed E-state index contributed by atoms with van der Waals surface area (Å²) >= 11 is 6.40. The monoisotopic (exact) mass is 356 g/mol. The predicted octanol–water partition coefficient (Wildman–Crippen LogP) is 3.69. The van der Waals surface area contributed by atoms with Gasteiger partial charge in [-0.2, -0.15) is 0 Å². The van der Waals surface area contributed by atoms with Crippen molar-refractivity contribution in [3.63, 3.8) is 0 Å². The first-order valence-electron chi connectivity index (χ1n) is 8.17. The fraction of sp³-hybridized carbons (Fsp3) is 0.263. The topological polar surface area (TPSA) is 58.9 Å². The summed E-state index contributed by atoms with van der Waals surface area (Å²) in [6, 6.07) is 9.66. The highest BCUT2D eigenvalue weighted by atomic mass is 35.5. The predicted molar refractivity (Wildman–Crippen MR) is 102 cm³/mol. The molecule has 0 saturated heterocycles. The standard InChI is InChI=1S/C19H21ClN4O/c1-12-6-7-14-15(11-13(2)23-18(14)17(12)20)21-8-9-22-19(25)16-5-4-10-24(16)3/h4-7,10-11H,8-9H2,1-3H3,(H,21,23)(H,22,25). The lowest BCUT2D eigenvalue weighted by Crippen LogP contribution is -2.30. The second kappa shape index (κ2) is 7.15. The molecule has 0 unspecified atom stereocenters. The Balaban J connectivity index is 1.68. The average Bonchev–Trinajstić information content (AvgIpc) is 3.01. The maximum absolute atomic E-state index is 12.1. The summed E-state index contributed by atoms with van der Waals surface area (Å²) in [5, 5.41) is 7.95. The molecule has 0 fully saturated rings. The van der Waals surface area contributed by atoms with Crippen molar-refractivity contribution in [1.29, 1.82) is 0 Å². The van der Waals surface area contributed by atoms with Crippen LogP contribution < -0.4 is 10.6 Å². The first-order valence-corrected chi connectivity index (χ1v) is 8.55. The van der Waals surface area contributed by atoms with E-state index in [2.05, 4.69) is 15.6 Å². The summed E-state index contributed by atoms with van der Waals surface area (Å²) < 4.78 is 1.80. The molecule has 3 aromatic rings. The SMILES string of the molecule is Cc1cc(NCCNC(=O)c2cccn2C)c2ccc(C)c(Cl)c2n1. The first-order chi connectivity index (χ1) is 12.0. The van der Waals surface area contributed by atoms with Gasteiger partial charge in [0, 0.05) is 43.1 Å². The molecule has 1 aromatic carbocycles. The summed E-state index contributed by atoms with van der Waals surface area (Å²) in [6.07, 6.45) is 1.85. The fourth-order valence-electron chi connectivity index (χ4n) is 2.79. The van der Waals surface area contributed by atoms with E-state index in [1.54, 1.807) is 10.6 Å². The van der Waals surface area contributed by atoms with Crippen LogP contribution in [0, 0.1) is 13.8 Å². The third-order valence-electron chi connectivity index (χ3n) is 4.14. The lowest BCUT2D eigenvalue weighted by Gasteiger charge is -2.13. The number of hydrogen-bond acceptors (Lipinski definition) is 3. The molecule has 0 radical (unpaired) electrons. The van der Waals surface area contributed by atoms with Crippen LogP contribution in [-0.4, -0.2) is 28.5 Å². The maximum Gasteiger partial charge on any atom is 0.267 e. The van der Waals surface area contributed by atoms with Gasteiger partial charge in [-0.15, -0.1) is 0 Å². The molecule has 0 aliphatic rings. The molecule has 0 aliphatic heterocycles. The van der Waals surface area contributed by atoms with E-state index in [9.17, 15) is 4.79 Å². The highest BCUT2D eigenvalue weighted by Crippen LogP contribution is 2.30. The smallest absolute Gasteiger partial charge is 0.267 e. The number of carbonyl (C=O) groups excluding carboxylic acids is 1. The van der Waals surface area contributed by atoms with Crippen LogP contribution in [0.25, 0.3) is 10.9 Å². The quantitative estimate of drug-likeness (QED) is 0.685. The first kappa shape index (κ1) is 17.3. The van der Waals surface area contributed by atoms with Gasteiger partial charge in [-0.05, 0) is 37.6 Å². The van der Waals surface area contributed by atoms with E-state index in [0.717, 1.165) is 27.8 Å². The van der Waals surface area contributed by atoms with Gasteiger partial charge in [0.15, 0.2) is 0 Å². The van der Waals surface area contributed by atoms with Crippen molar-refractivity contribution in [3.05, 3.63) is 58.5 Å². The third kappa shape index (κ3) is 3.61. The zero-order valence-electron chi connectivity index (χ0n) is 14.6. The van der Waals surface area contributed by atoms with Crippen molar-refractivity contribution in [3.8, 4) is 0 Å². The van der Waals surface area contributed by atoms with Crippen molar-refractivity contribution in [2.75, 3.05) is 18.4 Å². The molecule has 2 heterocycles. The molecule has 5 nitrogen and oxygen atoms in total. The minimum absolute atomic E-state index is 0.0799. The second-order valence-electron chi connectivity index (χ2n) is 6.09. The summed E-state index contributed by atoms with van der Waals surface area (Å²) in [4.78, 5) is 16.7. The summed E-state index contributed by atoms with van der Waals surface area (Å²) in [7, 11) is 1.85. The normalized spacial score (nSPS) is 10.9. The molecule has 0 bridgehead atoms. The van der Waals surface area contributed by atoms with Gasteiger partial charge in [-0.3, -0.25) is 9.78 Å². The van der Waals surface area contributed by atoms with Crippen molar-refractivity contribution in [2.24, 2.45) is 7.05 Å². The van der Waals surface area contributed by atoms with Crippen LogP contribution in [0.1, 0.15) is 21.7 Å². The van der Waals surface area contributed by atoms with Gasteiger partial charge in [0.05, 0.1) is 10.5 Å². The molecule has 0 spiro atoms. The number of aryl methyl sites for hydroxylation is 3. The number of carbonyl (C=O) groups is 1. The van der Waals surface area contributed by atoms with E-state index >= 15 is 0 Å². The lowest BCUT2D eigenvalue weighted by molar-refractivity contribution is 0.0947. The number of aromatic nitrogens is 2. The van der Waals surface area contributed by atoms with Crippen molar-refractivity contribution in [2.45, 2.75) is 13.8 Å². The number of rotatable bonds is 5. The zero-order valence-corrected chi connectivity index (χ0v) is 15.3. The van der Waals surface area contributed by atoms with Crippen molar-refractivity contribution in [1.82, 2.24) is 14.9 Å². The number of benzene rings is 1. The third-order valence-corrected chi connectivity index (χ3v) is 4.62. The Labute approximate surface area is 152 Å². The van der Waals surface area contributed by atoms with Crippen LogP contribution in [0.3, 0.4) is 0 Å². The molecular formula is C19H21ClN4O. The molecule has 2 aromatic heterocycles. The second-order valence-corrected chi connectivity index (χ2v) is 6.47. The van der Waals surface area contributed by atoms with E-state index in [1.165, 1.54) is 0 Å². The van der Waals surface area contributed by atoms with E-state index in [1.807, 2.05) is 51.4 Å². The Bertz CT molecular complexity index is 933. The number of pyridine rings is 1. The van der Waals surface area contributed by atoms with Gasteiger partial charge in [0.25, 0.3) is 5.91 Å². The van der Waals surface area contributed by atoms with E-state index < -0.39 is 0 Å². The molecule has 25 heavy (non-hydrogen) atoms. The van der Waals surface area contributed by atoms with Gasteiger partial charge in [-0.25, -0.2) is 0 Å².